The molecule has 0 aromatic heterocycles. The van der Waals surface area contributed by atoms with Gasteiger partial charge >= 0.3 is 12.1 Å². The number of halogens is 3. The lowest BCUT2D eigenvalue weighted by atomic mass is 10.1. The molecule has 8 heteroatoms. The number of amides is 1. The quantitative estimate of drug-likeness (QED) is 0.813. The fourth-order valence-corrected chi connectivity index (χ4v) is 1.74. The summed E-state index contributed by atoms with van der Waals surface area (Å²) in [6.45, 7) is 0.158. The van der Waals surface area contributed by atoms with E-state index in [1.165, 1.54) is 0 Å². The summed E-state index contributed by atoms with van der Waals surface area (Å²) in [5, 5.41) is 3.67. The predicted octanol–water partition coefficient (Wildman–Crippen LogP) is 0.607. The van der Waals surface area contributed by atoms with Gasteiger partial charge in [-0.05, 0) is 19.3 Å². The smallest absolute Gasteiger partial charge is 0.361 e. The van der Waals surface area contributed by atoms with Gasteiger partial charge in [0.15, 0.2) is 0 Å². The highest BCUT2D eigenvalue weighted by Gasteiger charge is 2.44. The normalized spacial score (nSPS) is 24.9. The van der Waals surface area contributed by atoms with Crippen LogP contribution in [0.5, 0.6) is 0 Å². The van der Waals surface area contributed by atoms with Crippen LogP contribution in [0.4, 0.5) is 13.2 Å². The Balaban J connectivity index is 1.77. The van der Waals surface area contributed by atoms with Gasteiger partial charge in [-0.1, -0.05) is 0 Å². The number of carbonyl (C=O) groups is 2. The third-order valence-electron chi connectivity index (χ3n) is 2.89. The molecule has 1 saturated carbocycles. The van der Waals surface area contributed by atoms with Crippen molar-refractivity contribution in [3.63, 3.8) is 0 Å². The van der Waals surface area contributed by atoms with Crippen molar-refractivity contribution in [1.82, 2.24) is 10.4 Å². The first kappa shape index (κ1) is 13.1. The number of hydroxylamine groups is 2. The minimum atomic E-state index is -5.01. The standard InChI is InChI=1S/C10H13F3N2O3/c11-10(12,13)9(17)18-15-4-3-6(5-15)8(16)14-7-1-2-7/h6-7H,1-5H2,(H,14,16)/t6-/m0/s1. The van der Waals surface area contributed by atoms with Crippen LogP contribution in [0.1, 0.15) is 19.3 Å². The minimum Gasteiger partial charge on any atom is -0.361 e. The number of nitrogens with one attached hydrogen (secondary N) is 1. The highest BCUT2D eigenvalue weighted by molar-refractivity contribution is 5.80. The second-order valence-corrected chi connectivity index (χ2v) is 4.53. The van der Waals surface area contributed by atoms with Crippen LogP contribution in [0.25, 0.3) is 0 Å². The van der Waals surface area contributed by atoms with Crippen LogP contribution in [0, 0.1) is 5.92 Å². The van der Waals surface area contributed by atoms with Crippen LogP contribution in [-0.4, -0.2) is 42.2 Å². The Morgan fingerprint density at radius 2 is 1.89 bits per heavy atom. The van der Waals surface area contributed by atoms with Crippen LogP contribution in [0.15, 0.2) is 0 Å². The van der Waals surface area contributed by atoms with E-state index in [4.69, 9.17) is 0 Å². The van der Waals surface area contributed by atoms with Gasteiger partial charge < -0.3 is 10.2 Å². The van der Waals surface area contributed by atoms with E-state index < -0.39 is 18.1 Å². The van der Waals surface area contributed by atoms with Gasteiger partial charge in [-0.15, -0.1) is 5.06 Å². The number of carbonyl (C=O) groups excluding carboxylic acids is 2. The first-order valence-electron chi connectivity index (χ1n) is 5.70. The molecule has 1 N–H and O–H groups in total. The van der Waals surface area contributed by atoms with Crippen molar-refractivity contribution in [2.75, 3.05) is 13.1 Å². The largest absolute Gasteiger partial charge is 0.492 e. The zero-order valence-electron chi connectivity index (χ0n) is 9.50. The molecule has 5 nitrogen and oxygen atoms in total. The number of hydrogen-bond acceptors (Lipinski definition) is 4. The summed E-state index contributed by atoms with van der Waals surface area (Å²) in [5.74, 6) is -2.83. The molecule has 1 amide bonds. The number of hydrogen-bond donors (Lipinski definition) is 1. The van der Waals surface area contributed by atoms with Crippen LogP contribution in [0.2, 0.25) is 0 Å². The molecule has 1 heterocycles. The topological polar surface area (TPSA) is 58.6 Å². The molecule has 0 aromatic rings. The fraction of sp³-hybridized carbons (Fsp3) is 0.800. The highest BCUT2D eigenvalue weighted by Crippen LogP contribution is 2.24. The van der Waals surface area contributed by atoms with Gasteiger partial charge in [-0.2, -0.15) is 13.2 Å². The van der Waals surface area contributed by atoms with Crippen LogP contribution in [0.3, 0.4) is 0 Å². The molecule has 1 aliphatic heterocycles. The van der Waals surface area contributed by atoms with Gasteiger partial charge in [0, 0.05) is 19.1 Å². The Labute approximate surface area is 101 Å². The van der Waals surface area contributed by atoms with Crippen LogP contribution in [-0.2, 0) is 14.4 Å². The molecule has 1 atom stereocenters. The number of rotatable bonds is 3. The molecule has 2 aliphatic rings. The van der Waals surface area contributed by atoms with E-state index in [1.54, 1.807) is 0 Å². The summed E-state index contributed by atoms with van der Waals surface area (Å²) in [4.78, 5) is 26.4. The van der Waals surface area contributed by atoms with E-state index in [1.807, 2.05) is 0 Å². The predicted molar refractivity (Wildman–Crippen MR) is 53.0 cm³/mol. The SMILES string of the molecule is O=C(NC1CC1)[C@H]1CCN(OC(=O)C(F)(F)F)C1. The van der Waals surface area contributed by atoms with E-state index in [-0.39, 0.29) is 25.0 Å². The van der Waals surface area contributed by atoms with Crippen LogP contribution >= 0.6 is 0 Å². The zero-order valence-corrected chi connectivity index (χ0v) is 9.50. The molecule has 0 unspecified atom stereocenters. The van der Waals surface area contributed by atoms with Gasteiger partial charge in [0.25, 0.3) is 0 Å². The molecule has 1 aliphatic carbocycles. The second kappa shape index (κ2) is 4.75. The minimum absolute atomic E-state index is 0.0143. The summed E-state index contributed by atoms with van der Waals surface area (Å²) in [7, 11) is 0. The lowest BCUT2D eigenvalue weighted by molar-refractivity contribution is -0.235. The molecule has 1 saturated heterocycles. The molecule has 0 aromatic carbocycles. The summed E-state index contributed by atoms with van der Waals surface area (Å²) in [6.07, 6.45) is -2.71. The third kappa shape index (κ3) is 3.34. The lowest BCUT2D eigenvalue weighted by Gasteiger charge is -2.16. The maximum absolute atomic E-state index is 12.0. The molecule has 2 fully saturated rings. The summed E-state index contributed by atoms with van der Waals surface area (Å²) in [6, 6.07) is 0.212. The highest BCUT2D eigenvalue weighted by atomic mass is 19.4. The molecule has 0 bridgehead atoms. The number of nitrogens with zero attached hydrogens (tertiary/aromatic N) is 1. The van der Waals surface area contributed by atoms with E-state index in [9.17, 15) is 22.8 Å². The molecule has 2 rings (SSSR count). The Morgan fingerprint density at radius 3 is 2.44 bits per heavy atom. The lowest BCUT2D eigenvalue weighted by Crippen LogP contribution is -2.36. The monoisotopic (exact) mass is 266 g/mol. The molecular formula is C10H13F3N2O3. The molecule has 102 valence electrons. The van der Waals surface area contributed by atoms with E-state index in [2.05, 4.69) is 10.2 Å². The number of alkyl halides is 3. The summed E-state index contributed by atoms with van der Waals surface area (Å²) >= 11 is 0. The van der Waals surface area contributed by atoms with Crippen molar-refractivity contribution in [2.45, 2.75) is 31.5 Å². The van der Waals surface area contributed by atoms with E-state index in [0.29, 0.717) is 6.42 Å². The summed E-state index contributed by atoms with van der Waals surface area (Å²) in [5.41, 5.74) is 0. The Hall–Kier alpha value is -1.31. The van der Waals surface area contributed by atoms with Crippen molar-refractivity contribution in [2.24, 2.45) is 5.92 Å². The van der Waals surface area contributed by atoms with Gasteiger partial charge in [0.2, 0.25) is 5.91 Å². The third-order valence-corrected chi connectivity index (χ3v) is 2.89. The fourth-order valence-electron chi connectivity index (χ4n) is 1.74. The van der Waals surface area contributed by atoms with Crippen molar-refractivity contribution < 1.29 is 27.6 Å². The van der Waals surface area contributed by atoms with Crippen molar-refractivity contribution in [1.29, 1.82) is 0 Å². The molecule has 18 heavy (non-hydrogen) atoms. The molecule has 0 spiro atoms. The summed E-state index contributed by atoms with van der Waals surface area (Å²) < 4.78 is 35.9. The Bertz CT molecular complexity index is 355. The molecular weight excluding hydrogens is 253 g/mol. The Kier molecular flexibility index (Phi) is 3.47. The average molecular weight is 266 g/mol. The van der Waals surface area contributed by atoms with E-state index in [0.717, 1.165) is 17.9 Å². The second-order valence-electron chi connectivity index (χ2n) is 4.53. The van der Waals surface area contributed by atoms with Crippen molar-refractivity contribution in [3.8, 4) is 0 Å². The maximum atomic E-state index is 12.0. The first-order valence-corrected chi connectivity index (χ1v) is 5.70. The van der Waals surface area contributed by atoms with Gasteiger partial charge in [0.1, 0.15) is 0 Å². The van der Waals surface area contributed by atoms with Gasteiger partial charge in [-0.25, -0.2) is 4.79 Å². The average Bonchev–Trinajstić information content (AvgIpc) is 2.93. The van der Waals surface area contributed by atoms with Crippen molar-refractivity contribution in [3.05, 3.63) is 0 Å². The van der Waals surface area contributed by atoms with Crippen molar-refractivity contribution >= 4 is 11.9 Å². The van der Waals surface area contributed by atoms with E-state index >= 15 is 0 Å². The Morgan fingerprint density at radius 1 is 1.22 bits per heavy atom. The maximum Gasteiger partial charge on any atom is 0.492 e. The van der Waals surface area contributed by atoms with Gasteiger partial charge in [-0.3, -0.25) is 4.79 Å². The molecule has 0 radical (unpaired) electrons. The van der Waals surface area contributed by atoms with Gasteiger partial charge in [0.05, 0.1) is 5.92 Å². The first-order chi connectivity index (χ1) is 8.36. The zero-order chi connectivity index (χ0) is 13.3. The van der Waals surface area contributed by atoms with Crippen LogP contribution < -0.4 is 5.32 Å².